The zero-order valence-corrected chi connectivity index (χ0v) is 16.2. The number of furan rings is 1. The number of benzene rings is 1. The van der Waals surface area contributed by atoms with Crippen molar-refractivity contribution >= 4 is 15.8 Å². The number of aliphatic imine (C=N–C) groups is 1. The van der Waals surface area contributed by atoms with Crippen molar-refractivity contribution < 1.29 is 12.8 Å². The van der Waals surface area contributed by atoms with Gasteiger partial charge in [0.15, 0.2) is 15.8 Å². The number of hydrogen-bond donors (Lipinski definition) is 1. The first-order chi connectivity index (χ1) is 12.3. The van der Waals surface area contributed by atoms with Crippen LogP contribution in [0, 0.1) is 0 Å². The SMILES string of the molecule is CN=C(NCc1ccc(-c2ccccc2)o1)N1CCS(=O)(=O)C(C)(C)C1. The smallest absolute Gasteiger partial charge is 0.194 e. The molecule has 26 heavy (non-hydrogen) atoms. The minimum atomic E-state index is -3.07. The van der Waals surface area contributed by atoms with E-state index < -0.39 is 14.6 Å². The van der Waals surface area contributed by atoms with E-state index in [1.165, 1.54) is 0 Å². The molecule has 0 atom stereocenters. The zero-order chi connectivity index (χ0) is 18.8. The molecule has 1 aliphatic rings. The van der Waals surface area contributed by atoms with E-state index in [1.54, 1.807) is 20.9 Å². The van der Waals surface area contributed by atoms with Gasteiger partial charge < -0.3 is 14.6 Å². The molecule has 0 amide bonds. The average Bonchev–Trinajstić information content (AvgIpc) is 3.08. The van der Waals surface area contributed by atoms with E-state index >= 15 is 0 Å². The van der Waals surface area contributed by atoms with E-state index in [0.29, 0.717) is 25.6 Å². The number of nitrogens with zero attached hydrogens (tertiary/aromatic N) is 2. The molecular formula is C19H25N3O3S. The molecule has 0 spiro atoms. The van der Waals surface area contributed by atoms with Crippen molar-refractivity contribution in [2.75, 3.05) is 25.9 Å². The average molecular weight is 375 g/mol. The molecule has 2 aromatic rings. The number of guanidine groups is 1. The quantitative estimate of drug-likeness (QED) is 0.659. The summed E-state index contributed by atoms with van der Waals surface area (Å²) in [4.78, 5) is 6.29. The Morgan fingerprint density at radius 3 is 2.62 bits per heavy atom. The van der Waals surface area contributed by atoms with Crippen LogP contribution in [0.3, 0.4) is 0 Å². The maximum atomic E-state index is 12.2. The van der Waals surface area contributed by atoms with Gasteiger partial charge >= 0.3 is 0 Å². The summed E-state index contributed by atoms with van der Waals surface area (Å²) in [7, 11) is -1.37. The van der Waals surface area contributed by atoms with E-state index in [0.717, 1.165) is 17.1 Å². The van der Waals surface area contributed by atoms with Gasteiger partial charge in [-0.15, -0.1) is 0 Å². The third-order valence-electron chi connectivity index (χ3n) is 4.70. The first-order valence-corrected chi connectivity index (χ1v) is 10.3. The predicted molar refractivity (Wildman–Crippen MR) is 104 cm³/mol. The second-order valence-corrected chi connectivity index (χ2v) is 9.78. The molecule has 2 heterocycles. The van der Waals surface area contributed by atoms with Crippen molar-refractivity contribution in [1.29, 1.82) is 0 Å². The van der Waals surface area contributed by atoms with Gasteiger partial charge in [-0.05, 0) is 26.0 Å². The number of nitrogens with one attached hydrogen (secondary N) is 1. The zero-order valence-electron chi connectivity index (χ0n) is 15.4. The Bertz CT molecular complexity index is 886. The summed E-state index contributed by atoms with van der Waals surface area (Å²) in [6, 6.07) is 13.8. The van der Waals surface area contributed by atoms with Crippen LogP contribution >= 0.6 is 0 Å². The predicted octanol–water partition coefficient (Wildman–Crippen LogP) is 2.53. The fourth-order valence-electron chi connectivity index (χ4n) is 3.05. The maximum absolute atomic E-state index is 12.2. The molecule has 0 aliphatic carbocycles. The van der Waals surface area contributed by atoms with E-state index in [1.807, 2.05) is 47.4 Å². The van der Waals surface area contributed by atoms with Crippen molar-refractivity contribution in [1.82, 2.24) is 10.2 Å². The summed E-state index contributed by atoms with van der Waals surface area (Å²) >= 11 is 0. The first-order valence-electron chi connectivity index (χ1n) is 8.64. The van der Waals surface area contributed by atoms with Crippen LogP contribution in [0.4, 0.5) is 0 Å². The minimum absolute atomic E-state index is 0.138. The fraction of sp³-hybridized carbons (Fsp3) is 0.421. The van der Waals surface area contributed by atoms with Crippen molar-refractivity contribution in [2.24, 2.45) is 4.99 Å². The lowest BCUT2D eigenvalue weighted by molar-refractivity contribution is 0.351. The third-order valence-corrected chi connectivity index (χ3v) is 7.23. The number of sulfone groups is 1. The summed E-state index contributed by atoms with van der Waals surface area (Å²) < 4.78 is 29.5. The Morgan fingerprint density at radius 1 is 1.23 bits per heavy atom. The van der Waals surface area contributed by atoms with Crippen LogP contribution in [0.25, 0.3) is 11.3 Å². The lowest BCUT2D eigenvalue weighted by atomic mass is 10.2. The van der Waals surface area contributed by atoms with Gasteiger partial charge in [0.2, 0.25) is 0 Å². The van der Waals surface area contributed by atoms with E-state index in [-0.39, 0.29) is 5.75 Å². The van der Waals surface area contributed by atoms with Crippen LogP contribution in [0.2, 0.25) is 0 Å². The number of rotatable bonds is 3. The molecule has 0 bridgehead atoms. The van der Waals surface area contributed by atoms with Crippen molar-refractivity contribution in [3.8, 4) is 11.3 Å². The molecule has 0 unspecified atom stereocenters. The molecule has 1 fully saturated rings. The Hall–Kier alpha value is -2.28. The normalized spacial score (nSPS) is 19.3. The lowest BCUT2D eigenvalue weighted by Crippen LogP contribution is -2.57. The van der Waals surface area contributed by atoms with E-state index in [4.69, 9.17) is 4.42 Å². The summed E-state index contributed by atoms with van der Waals surface area (Å²) in [5.41, 5.74) is 1.03. The highest BCUT2D eigenvalue weighted by Crippen LogP contribution is 2.24. The van der Waals surface area contributed by atoms with Crippen LogP contribution in [0.1, 0.15) is 19.6 Å². The first kappa shape index (κ1) is 18.5. The second-order valence-electron chi connectivity index (χ2n) is 7.03. The van der Waals surface area contributed by atoms with Crippen LogP contribution in [0.15, 0.2) is 51.9 Å². The molecule has 0 radical (unpaired) electrons. The van der Waals surface area contributed by atoms with E-state index in [9.17, 15) is 8.42 Å². The van der Waals surface area contributed by atoms with Crippen LogP contribution in [-0.4, -0.2) is 49.9 Å². The van der Waals surface area contributed by atoms with Gasteiger partial charge in [-0.1, -0.05) is 30.3 Å². The van der Waals surface area contributed by atoms with Crippen molar-refractivity contribution in [3.05, 3.63) is 48.2 Å². The van der Waals surface area contributed by atoms with Crippen molar-refractivity contribution in [2.45, 2.75) is 25.1 Å². The van der Waals surface area contributed by atoms with Gasteiger partial charge in [0.25, 0.3) is 0 Å². The Labute approximate surface area is 154 Å². The molecule has 1 aliphatic heterocycles. The highest BCUT2D eigenvalue weighted by atomic mass is 32.2. The summed E-state index contributed by atoms with van der Waals surface area (Å²) in [6.07, 6.45) is 0. The van der Waals surface area contributed by atoms with Gasteiger partial charge in [-0.3, -0.25) is 4.99 Å². The molecular weight excluding hydrogens is 350 g/mol. The topological polar surface area (TPSA) is 74.9 Å². The van der Waals surface area contributed by atoms with Gasteiger partial charge in [0.05, 0.1) is 17.0 Å². The molecule has 140 valence electrons. The Balaban J connectivity index is 1.65. The molecule has 1 aromatic carbocycles. The van der Waals surface area contributed by atoms with Gasteiger partial charge in [0, 0.05) is 25.7 Å². The van der Waals surface area contributed by atoms with Crippen LogP contribution in [-0.2, 0) is 16.4 Å². The van der Waals surface area contributed by atoms with Crippen molar-refractivity contribution in [3.63, 3.8) is 0 Å². The largest absolute Gasteiger partial charge is 0.459 e. The fourth-order valence-corrected chi connectivity index (χ4v) is 4.42. The maximum Gasteiger partial charge on any atom is 0.194 e. The molecule has 3 rings (SSSR count). The monoisotopic (exact) mass is 375 g/mol. The van der Waals surface area contributed by atoms with Crippen LogP contribution in [0.5, 0.6) is 0 Å². The van der Waals surface area contributed by atoms with Gasteiger partial charge in [-0.2, -0.15) is 0 Å². The Kier molecular flexibility index (Phi) is 5.09. The molecule has 1 N–H and O–H groups in total. The van der Waals surface area contributed by atoms with Gasteiger partial charge in [-0.25, -0.2) is 8.42 Å². The van der Waals surface area contributed by atoms with E-state index in [2.05, 4.69) is 10.3 Å². The summed E-state index contributed by atoms with van der Waals surface area (Å²) in [5.74, 6) is 2.45. The number of hydrogen-bond acceptors (Lipinski definition) is 4. The second kappa shape index (κ2) is 7.15. The Morgan fingerprint density at radius 2 is 1.96 bits per heavy atom. The highest BCUT2D eigenvalue weighted by Gasteiger charge is 2.40. The molecule has 1 saturated heterocycles. The highest BCUT2D eigenvalue weighted by molar-refractivity contribution is 7.92. The standard InChI is InChI=1S/C19H25N3O3S/c1-19(2)14-22(11-12-26(19,23)24)18(20-3)21-13-16-9-10-17(25-16)15-7-5-4-6-8-15/h4-10H,11-14H2,1-3H3,(H,20,21). The molecule has 0 saturated carbocycles. The molecule has 1 aromatic heterocycles. The lowest BCUT2D eigenvalue weighted by Gasteiger charge is -2.39. The van der Waals surface area contributed by atoms with Gasteiger partial charge in [0.1, 0.15) is 11.5 Å². The third kappa shape index (κ3) is 3.77. The summed E-state index contributed by atoms with van der Waals surface area (Å²) in [6.45, 7) is 4.88. The summed E-state index contributed by atoms with van der Waals surface area (Å²) in [5, 5.41) is 3.27. The molecule has 6 nitrogen and oxygen atoms in total. The molecule has 7 heteroatoms. The van der Waals surface area contributed by atoms with Crippen LogP contribution < -0.4 is 5.32 Å². The minimum Gasteiger partial charge on any atom is -0.459 e.